The van der Waals surface area contributed by atoms with E-state index in [1.54, 1.807) is 21.8 Å². The van der Waals surface area contributed by atoms with Gasteiger partial charge in [-0.15, -0.1) is 0 Å². The minimum Gasteiger partial charge on any atom is -0.354 e. The van der Waals surface area contributed by atoms with E-state index in [1.807, 2.05) is 31.2 Å². The van der Waals surface area contributed by atoms with Crippen LogP contribution in [-0.4, -0.2) is 31.8 Å². The van der Waals surface area contributed by atoms with E-state index in [4.69, 9.17) is 0 Å². The minimum atomic E-state index is -0.112. The number of hydrogen-bond acceptors (Lipinski definition) is 4. The van der Waals surface area contributed by atoms with Gasteiger partial charge >= 0.3 is 0 Å². The predicted molar refractivity (Wildman–Crippen MR) is 105 cm³/mol. The Balaban J connectivity index is 1.70. The van der Waals surface area contributed by atoms with Gasteiger partial charge in [0, 0.05) is 13.0 Å². The number of nitrogens with one attached hydrogen (secondary N) is 1. The van der Waals surface area contributed by atoms with Gasteiger partial charge in [0.2, 0.25) is 5.91 Å². The summed E-state index contributed by atoms with van der Waals surface area (Å²) in [5.74, 6) is 0.0433. The Kier molecular flexibility index (Phi) is 6.01. The number of fused-ring (bicyclic) bond motifs is 1. The molecule has 1 N–H and O–H groups in total. The summed E-state index contributed by atoms with van der Waals surface area (Å²) in [5, 5.41) is 7.63. The molecule has 2 heterocycles. The van der Waals surface area contributed by atoms with Gasteiger partial charge in [-0.2, -0.15) is 5.10 Å². The summed E-state index contributed by atoms with van der Waals surface area (Å²) in [6.45, 7) is 5.51. The molecule has 0 atom stereocenters. The number of benzene rings is 1. The summed E-state index contributed by atoms with van der Waals surface area (Å²) in [7, 11) is 0. The number of nitrogens with zero attached hydrogens (tertiary/aromatic N) is 4. The second kappa shape index (κ2) is 8.62. The van der Waals surface area contributed by atoms with Crippen molar-refractivity contribution in [2.45, 2.75) is 46.2 Å². The molecule has 0 aliphatic carbocycles. The minimum absolute atomic E-state index is 0.0433. The Labute approximate surface area is 158 Å². The van der Waals surface area contributed by atoms with E-state index in [-0.39, 0.29) is 11.5 Å². The van der Waals surface area contributed by atoms with Crippen LogP contribution in [0, 0.1) is 6.92 Å². The van der Waals surface area contributed by atoms with Gasteiger partial charge < -0.3 is 5.32 Å². The summed E-state index contributed by atoms with van der Waals surface area (Å²) in [6, 6.07) is 8.07. The highest BCUT2D eigenvalue weighted by atomic mass is 16.1. The number of hydrogen-bond donors (Lipinski definition) is 1. The molecule has 3 aromatic rings. The number of amides is 1. The number of unbranched alkanes of at least 4 members (excludes halogenated alkanes) is 1. The number of carbonyl (C=O) groups excluding carboxylic acids is 1. The van der Waals surface area contributed by atoms with Gasteiger partial charge in [0.1, 0.15) is 11.7 Å². The van der Waals surface area contributed by atoms with Crippen molar-refractivity contribution in [1.82, 2.24) is 24.6 Å². The molecule has 0 saturated heterocycles. The largest absolute Gasteiger partial charge is 0.354 e. The summed E-state index contributed by atoms with van der Waals surface area (Å²) in [6.07, 6.45) is 5.53. The third kappa shape index (κ3) is 4.61. The highest BCUT2D eigenvalue weighted by molar-refractivity contribution is 5.76. The van der Waals surface area contributed by atoms with Crippen molar-refractivity contribution in [3.05, 3.63) is 58.3 Å². The Morgan fingerprint density at radius 2 is 2.00 bits per heavy atom. The van der Waals surface area contributed by atoms with E-state index < -0.39 is 0 Å². The molecule has 27 heavy (non-hydrogen) atoms. The first-order chi connectivity index (χ1) is 13.1. The summed E-state index contributed by atoms with van der Waals surface area (Å²) in [5.41, 5.74) is 2.66. The quantitative estimate of drug-likeness (QED) is 0.662. The molecule has 0 unspecified atom stereocenters. The molecule has 142 valence electrons. The molecule has 0 spiro atoms. The molecule has 3 rings (SSSR count). The highest BCUT2D eigenvalue weighted by Crippen LogP contribution is 2.08. The highest BCUT2D eigenvalue weighted by Gasteiger charge is 2.10. The fourth-order valence-electron chi connectivity index (χ4n) is 2.89. The zero-order chi connectivity index (χ0) is 19.2. The van der Waals surface area contributed by atoms with Crippen LogP contribution in [0.25, 0.3) is 11.0 Å². The van der Waals surface area contributed by atoms with Crippen molar-refractivity contribution in [1.29, 1.82) is 0 Å². The smallest absolute Gasteiger partial charge is 0.264 e. The maximum Gasteiger partial charge on any atom is 0.264 e. The number of carbonyl (C=O) groups is 1. The predicted octanol–water partition coefficient (Wildman–Crippen LogP) is 2.26. The Bertz CT molecular complexity index is 972. The lowest BCUT2D eigenvalue weighted by molar-refractivity contribution is -0.121. The second-order valence-electron chi connectivity index (χ2n) is 6.72. The Hall–Kier alpha value is -2.96. The second-order valence-corrected chi connectivity index (χ2v) is 6.72. The fourth-order valence-corrected chi connectivity index (χ4v) is 2.89. The van der Waals surface area contributed by atoms with Gasteiger partial charge in [0.15, 0.2) is 5.65 Å². The number of rotatable bonds is 8. The van der Waals surface area contributed by atoms with Crippen LogP contribution >= 0.6 is 0 Å². The van der Waals surface area contributed by atoms with Crippen molar-refractivity contribution in [3.8, 4) is 0 Å². The van der Waals surface area contributed by atoms with Gasteiger partial charge in [0.05, 0.1) is 19.3 Å². The van der Waals surface area contributed by atoms with Gasteiger partial charge in [-0.25, -0.2) is 9.67 Å². The first-order valence-corrected chi connectivity index (χ1v) is 9.31. The Morgan fingerprint density at radius 1 is 1.22 bits per heavy atom. The monoisotopic (exact) mass is 367 g/mol. The molecule has 0 radical (unpaired) electrons. The summed E-state index contributed by atoms with van der Waals surface area (Å²) < 4.78 is 3.25. The molecule has 0 aliphatic rings. The van der Waals surface area contributed by atoms with Crippen LogP contribution < -0.4 is 10.9 Å². The van der Waals surface area contributed by atoms with Gasteiger partial charge in [-0.3, -0.25) is 14.2 Å². The third-order valence-corrected chi connectivity index (χ3v) is 4.50. The van der Waals surface area contributed by atoms with E-state index in [0.29, 0.717) is 37.1 Å². The summed E-state index contributed by atoms with van der Waals surface area (Å²) in [4.78, 5) is 28.8. The third-order valence-electron chi connectivity index (χ3n) is 4.50. The zero-order valence-electron chi connectivity index (χ0n) is 15.8. The van der Waals surface area contributed by atoms with Crippen molar-refractivity contribution >= 4 is 16.9 Å². The summed E-state index contributed by atoms with van der Waals surface area (Å²) >= 11 is 0. The maximum absolute atomic E-state index is 12.7. The first-order valence-electron chi connectivity index (χ1n) is 9.31. The van der Waals surface area contributed by atoms with Crippen LogP contribution in [0.3, 0.4) is 0 Å². The van der Waals surface area contributed by atoms with Crippen LogP contribution in [0.4, 0.5) is 0 Å². The molecule has 0 saturated carbocycles. The van der Waals surface area contributed by atoms with Gasteiger partial charge in [-0.1, -0.05) is 43.2 Å². The molecule has 7 heteroatoms. The SMILES string of the molecule is CCCCC(=O)NCCn1ncc2c(=O)n(Cc3ccc(C)cc3)cnc21. The molecule has 7 nitrogen and oxygen atoms in total. The topological polar surface area (TPSA) is 81.8 Å². The van der Waals surface area contributed by atoms with Crippen LogP contribution in [-0.2, 0) is 17.9 Å². The van der Waals surface area contributed by atoms with Crippen molar-refractivity contribution in [2.24, 2.45) is 0 Å². The van der Waals surface area contributed by atoms with E-state index in [0.717, 1.165) is 18.4 Å². The molecule has 0 aliphatic heterocycles. The molecule has 0 bridgehead atoms. The van der Waals surface area contributed by atoms with Crippen LogP contribution in [0.5, 0.6) is 0 Å². The van der Waals surface area contributed by atoms with Crippen LogP contribution in [0.2, 0.25) is 0 Å². The molecule has 1 aromatic carbocycles. The molecule has 2 aromatic heterocycles. The molecular formula is C20H25N5O2. The van der Waals surface area contributed by atoms with Crippen LogP contribution in [0.15, 0.2) is 41.6 Å². The van der Waals surface area contributed by atoms with E-state index in [1.165, 1.54) is 5.56 Å². The maximum atomic E-state index is 12.7. The zero-order valence-corrected chi connectivity index (χ0v) is 15.8. The van der Waals surface area contributed by atoms with Crippen molar-refractivity contribution < 1.29 is 4.79 Å². The molecule has 0 fully saturated rings. The normalized spacial score (nSPS) is 11.0. The van der Waals surface area contributed by atoms with Gasteiger partial charge in [-0.05, 0) is 18.9 Å². The van der Waals surface area contributed by atoms with Crippen molar-refractivity contribution in [2.75, 3.05) is 6.54 Å². The van der Waals surface area contributed by atoms with Gasteiger partial charge in [0.25, 0.3) is 5.56 Å². The Morgan fingerprint density at radius 3 is 2.74 bits per heavy atom. The lowest BCUT2D eigenvalue weighted by atomic mass is 10.1. The fraction of sp³-hybridized carbons (Fsp3) is 0.400. The van der Waals surface area contributed by atoms with E-state index in [9.17, 15) is 9.59 Å². The number of aryl methyl sites for hydroxylation is 1. The first kappa shape index (κ1) is 18.8. The van der Waals surface area contributed by atoms with Crippen LogP contribution in [0.1, 0.15) is 37.3 Å². The standard InChI is InChI=1S/C20H25N5O2/c1-3-4-5-18(26)21-10-11-25-19-17(12-23-25)20(27)24(14-22-19)13-16-8-6-15(2)7-9-16/h6-9,12,14H,3-5,10-11,13H2,1-2H3,(H,21,26). The lowest BCUT2D eigenvalue weighted by Crippen LogP contribution is -2.27. The van der Waals surface area contributed by atoms with E-state index >= 15 is 0 Å². The molecule has 1 amide bonds. The van der Waals surface area contributed by atoms with E-state index in [2.05, 4.69) is 22.3 Å². The lowest BCUT2D eigenvalue weighted by Gasteiger charge is -2.08. The number of aromatic nitrogens is 4. The average molecular weight is 367 g/mol. The molecular weight excluding hydrogens is 342 g/mol. The van der Waals surface area contributed by atoms with Crippen molar-refractivity contribution in [3.63, 3.8) is 0 Å². The average Bonchev–Trinajstić information content (AvgIpc) is 3.08.